The first kappa shape index (κ1) is 20.2. The van der Waals surface area contributed by atoms with Crippen molar-refractivity contribution >= 4 is 27.5 Å². The first-order valence-corrected chi connectivity index (χ1v) is 10.9. The van der Waals surface area contributed by atoms with E-state index in [1.165, 1.54) is 0 Å². The second kappa shape index (κ2) is 9.01. The topological polar surface area (TPSA) is 75.3 Å². The van der Waals surface area contributed by atoms with Crippen molar-refractivity contribution < 1.29 is 13.2 Å². The van der Waals surface area contributed by atoms with Crippen LogP contribution in [0, 0.1) is 5.92 Å². The lowest BCUT2D eigenvalue weighted by atomic mass is 9.88. The number of nitrogens with one attached hydrogen (secondary N) is 2. The zero-order chi connectivity index (χ0) is 18.4. The molecule has 5 nitrogen and oxygen atoms in total. The zero-order valence-corrected chi connectivity index (χ0v) is 16.4. The largest absolute Gasteiger partial charge is 0.348 e. The first-order valence-electron chi connectivity index (χ1n) is 8.84. The molecule has 140 valence electrons. The van der Waals surface area contributed by atoms with E-state index in [1.807, 2.05) is 19.1 Å². The van der Waals surface area contributed by atoms with Crippen LogP contribution in [0.2, 0.25) is 5.02 Å². The molecule has 0 saturated heterocycles. The SMILES string of the molecule is CCC(NC(=O)CS(=O)(=O)NC1CCC(C)CC1)c1cccc(Cl)c1. The highest BCUT2D eigenvalue weighted by atomic mass is 35.5. The fourth-order valence-electron chi connectivity index (χ4n) is 3.23. The minimum atomic E-state index is -3.63. The van der Waals surface area contributed by atoms with Crippen LogP contribution in [0.15, 0.2) is 24.3 Å². The van der Waals surface area contributed by atoms with Gasteiger partial charge >= 0.3 is 0 Å². The molecule has 1 aromatic carbocycles. The quantitative estimate of drug-likeness (QED) is 0.754. The minimum absolute atomic E-state index is 0.0519. The Morgan fingerprint density at radius 2 is 1.96 bits per heavy atom. The van der Waals surface area contributed by atoms with Crippen molar-refractivity contribution in [2.45, 2.75) is 58.0 Å². The molecule has 0 bridgehead atoms. The summed E-state index contributed by atoms with van der Waals surface area (Å²) in [6.07, 6.45) is 4.36. The third-order valence-electron chi connectivity index (χ3n) is 4.68. The summed E-state index contributed by atoms with van der Waals surface area (Å²) in [5, 5.41) is 3.38. The maximum atomic E-state index is 12.3. The van der Waals surface area contributed by atoms with Crippen LogP contribution >= 0.6 is 11.6 Å². The van der Waals surface area contributed by atoms with Crippen LogP contribution in [-0.2, 0) is 14.8 Å². The zero-order valence-electron chi connectivity index (χ0n) is 14.8. The van der Waals surface area contributed by atoms with Gasteiger partial charge in [-0.15, -0.1) is 0 Å². The summed E-state index contributed by atoms with van der Waals surface area (Å²) in [7, 11) is -3.63. The van der Waals surface area contributed by atoms with Gasteiger partial charge in [-0.25, -0.2) is 13.1 Å². The Bertz CT molecular complexity index is 685. The van der Waals surface area contributed by atoms with E-state index in [9.17, 15) is 13.2 Å². The Balaban J connectivity index is 1.91. The lowest BCUT2D eigenvalue weighted by Crippen LogP contribution is -2.43. The summed E-state index contributed by atoms with van der Waals surface area (Å²) in [5.74, 6) is -0.397. The van der Waals surface area contributed by atoms with E-state index >= 15 is 0 Å². The molecule has 0 radical (unpaired) electrons. The number of hydrogen-bond acceptors (Lipinski definition) is 3. The standard InChI is InChI=1S/C18H27ClN2O3S/c1-3-17(14-5-4-6-15(19)11-14)20-18(22)12-25(23,24)21-16-9-7-13(2)8-10-16/h4-6,11,13,16-17,21H,3,7-10,12H2,1-2H3,(H,20,22). The van der Waals surface area contributed by atoms with Gasteiger partial charge in [-0.2, -0.15) is 0 Å². The average Bonchev–Trinajstić information content (AvgIpc) is 2.54. The molecule has 1 amide bonds. The van der Waals surface area contributed by atoms with Crippen LogP contribution in [0.1, 0.15) is 57.6 Å². The molecular weight excluding hydrogens is 360 g/mol. The molecular formula is C18H27ClN2O3S. The predicted molar refractivity (Wildman–Crippen MR) is 101 cm³/mol. The van der Waals surface area contributed by atoms with Crippen LogP contribution in [0.4, 0.5) is 0 Å². The van der Waals surface area contributed by atoms with Crippen molar-refractivity contribution in [3.05, 3.63) is 34.9 Å². The van der Waals surface area contributed by atoms with Crippen LogP contribution in [0.25, 0.3) is 0 Å². The molecule has 25 heavy (non-hydrogen) atoms. The molecule has 0 aliphatic heterocycles. The Hall–Kier alpha value is -1.11. The van der Waals surface area contributed by atoms with E-state index in [0.717, 1.165) is 31.2 Å². The highest BCUT2D eigenvalue weighted by Crippen LogP contribution is 2.24. The molecule has 2 N–H and O–H groups in total. The highest BCUT2D eigenvalue weighted by molar-refractivity contribution is 7.90. The Morgan fingerprint density at radius 3 is 2.56 bits per heavy atom. The number of carbonyl (C=O) groups is 1. The Morgan fingerprint density at radius 1 is 1.28 bits per heavy atom. The molecule has 1 fully saturated rings. The van der Waals surface area contributed by atoms with Gasteiger partial charge < -0.3 is 5.32 Å². The van der Waals surface area contributed by atoms with Crippen LogP contribution in [-0.4, -0.2) is 26.1 Å². The van der Waals surface area contributed by atoms with E-state index in [1.54, 1.807) is 12.1 Å². The summed E-state index contributed by atoms with van der Waals surface area (Å²) in [6.45, 7) is 4.11. The molecule has 1 aliphatic rings. The summed E-state index contributed by atoms with van der Waals surface area (Å²) >= 11 is 5.99. The first-order chi connectivity index (χ1) is 11.8. The van der Waals surface area contributed by atoms with Gasteiger partial charge in [0.1, 0.15) is 5.75 Å². The van der Waals surface area contributed by atoms with Crippen molar-refractivity contribution in [2.75, 3.05) is 5.75 Å². The molecule has 1 aromatic rings. The molecule has 1 aliphatic carbocycles. The Labute approximate surface area is 155 Å². The van der Waals surface area contributed by atoms with E-state index in [0.29, 0.717) is 17.4 Å². The maximum absolute atomic E-state index is 12.3. The average molecular weight is 387 g/mol. The van der Waals surface area contributed by atoms with E-state index in [-0.39, 0.29) is 12.1 Å². The van der Waals surface area contributed by atoms with Crippen molar-refractivity contribution in [2.24, 2.45) is 5.92 Å². The van der Waals surface area contributed by atoms with Crippen LogP contribution in [0.3, 0.4) is 0 Å². The van der Waals surface area contributed by atoms with Gasteiger partial charge in [0.15, 0.2) is 0 Å². The normalized spacial score (nSPS) is 22.4. The molecule has 1 unspecified atom stereocenters. The smallest absolute Gasteiger partial charge is 0.237 e. The number of amides is 1. The van der Waals surface area contributed by atoms with E-state index < -0.39 is 21.7 Å². The van der Waals surface area contributed by atoms with Gasteiger partial charge in [-0.3, -0.25) is 4.79 Å². The number of sulfonamides is 1. The van der Waals surface area contributed by atoms with Gasteiger partial charge in [-0.05, 0) is 55.7 Å². The van der Waals surface area contributed by atoms with Gasteiger partial charge in [0.2, 0.25) is 15.9 Å². The number of hydrogen-bond donors (Lipinski definition) is 2. The monoisotopic (exact) mass is 386 g/mol. The van der Waals surface area contributed by atoms with Crippen molar-refractivity contribution in [1.29, 1.82) is 0 Å². The van der Waals surface area contributed by atoms with Crippen LogP contribution < -0.4 is 10.0 Å². The summed E-state index contributed by atoms with van der Waals surface area (Å²) in [5.41, 5.74) is 0.870. The number of carbonyl (C=O) groups excluding carboxylic acids is 1. The minimum Gasteiger partial charge on any atom is -0.348 e. The molecule has 0 spiro atoms. The summed E-state index contributed by atoms with van der Waals surface area (Å²) in [6, 6.07) is 6.93. The summed E-state index contributed by atoms with van der Waals surface area (Å²) < 4.78 is 27.2. The fourth-order valence-corrected chi connectivity index (χ4v) is 4.68. The maximum Gasteiger partial charge on any atom is 0.237 e. The second-order valence-electron chi connectivity index (χ2n) is 6.92. The molecule has 7 heteroatoms. The molecule has 1 atom stereocenters. The molecule has 1 saturated carbocycles. The van der Waals surface area contributed by atoms with Crippen molar-refractivity contribution in [3.8, 4) is 0 Å². The fraction of sp³-hybridized carbons (Fsp3) is 0.611. The lowest BCUT2D eigenvalue weighted by molar-refractivity contribution is -0.119. The molecule has 0 heterocycles. The van der Waals surface area contributed by atoms with E-state index in [2.05, 4.69) is 17.0 Å². The lowest BCUT2D eigenvalue weighted by Gasteiger charge is -2.26. The van der Waals surface area contributed by atoms with Gasteiger partial charge in [-0.1, -0.05) is 37.6 Å². The second-order valence-corrected chi connectivity index (χ2v) is 9.11. The third kappa shape index (κ3) is 6.60. The van der Waals surface area contributed by atoms with Gasteiger partial charge in [0, 0.05) is 11.1 Å². The number of halogens is 1. The van der Waals surface area contributed by atoms with Gasteiger partial charge in [0.25, 0.3) is 0 Å². The third-order valence-corrected chi connectivity index (χ3v) is 6.25. The number of benzene rings is 1. The molecule has 2 rings (SSSR count). The summed E-state index contributed by atoms with van der Waals surface area (Å²) in [4.78, 5) is 12.2. The van der Waals surface area contributed by atoms with Gasteiger partial charge in [0.05, 0.1) is 6.04 Å². The van der Waals surface area contributed by atoms with E-state index in [4.69, 9.17) is 11.6 Å². The highest BCUT2D eigenvalue weighted by Gasteiger charge is 2.25. The van der Waals surface area contributed by atoms with Crippen LogP contribution in [0.5, 0.6) is 0 Å². The molecule has 0 aromatic heterocycles. The predicted octanol–water partition coefficient (Wildman–Crippen LogP) is 3.41. The van der Waals surface area contributed by atoms with Crippen molar-refractivity contribution in [1.82, 2.24) is 10.0 Å². The number of rotatable bonds is 7. The van der Waals surface area contributed by atoms with Crippen molar-refractivity contribution in [3.63, 3.8) is 0 Å². The Kier molecular flexibility index (Phi) is 7.28.